The molecule has 0 unspecified atom stereocenters. The third kappa shape index (κ3) is 6.71. The van der Waals surface area contributed by atoms with Crippen LogP contribution in [-0.4, -0.2) is 43.6 Å². The zero-order chi connectivity index (χ0) is 16.5. The predicted molar refractivity (Wildman–Crippen MR) is 88.8 cm³/mol. The lowest BCUT2D eigenvalue weighted by Gasteiger charge is -2.10. The van der Waals surface area contributed by atoms with E-state index in [4.69, 9.17) is 9.47 Å². The molecule has 2 amide bonds. The first-order chi connectivity index (χ1) is 10.4. The van der Waals surface area contributed by atoms with Gasteiger partial charge in [0.25, 0.3) is 0 Å². The van der Waals surface area contributed by atoms with Crippen LogP contribution in [0.1, 0.15) is 13.8 Å². The quantitative estimate of drug-likeness (QED) is 0.763. The summed E-state index contributed by atoms with van der Waals surface area (Å²) in [4.78, 5) is 23.4. The molecule has 0 bridgehead atoms. The first-order valence-electron chi connectivity index (χ1n) is 6.85. The van der Waals surface area contributed by atoms with Gasteiger partial charge in [-0.3, -0.25) is 9.59 Å². The van der Waals surface area contributed by atoms with Gasteiger partial charge in [-0.15, -0.1) is 11.8 Å². The van der Waals surface area contributed by atoms with Gasteiger partial charge in [-0.25, -0.2) is 0 Å². The molecule has 0 aromatic heterocycles. The molecule has 0 spiro atoms. The van der Waals surface area contributed by atoms with Gasteiger partial charge in [0.1, 0.15) is 11.5 Å². The van der Waals surface area contributed by atoms with Crippen molar-refractivity contribution < 1.29 is 19.1 Å². The molecule has 1 aromatic carbocycles. The standard InChI is InChI=1S/C15H22N2O4S/c1-10(2)22-9-15(19)16-8-14(18)17-11-5-12(20-3)7-13(6-11)21-4/h5-7,10H,8-9H2,1-4H3,(H,16,19)(H,17,18). The van der Waals surface area contributed by atoms with E-state index in [9.17, 15) is 9.59 Å². The molecule has 2 N–H and O–H groups in total. The van der Waals surface area contributed by atoms with E-state index in [0.29, 0.717) is 28.2 Å². The molecule has 22 heavy (non-hydrogen) atoms. The summed E-state index contributed by atoms with van der Waals surface area (Å²) in [5.74, 6) is 1.03. The van der Waals surface area contributed by atoms with Crippen molar-refractivity contribution in [1.29, 1.82) is 0 Å². The SMILES string of the molecule is COc1cc(NC(=O)CNC(=O)CSC(C)C)cc(OC)c1. The number of thioether (sulfide) groups is 1. The average Bonchev–Trinajstić information content (AvgIpc) is 2.50. The highest BCUT2D eigenvalue weighted by Gasteiger charge is 2.09. The van der Waals surface area contributed by atoms with Crippen molar-refractivity contribution >= 4 is 29.3 Å². The van der Waals surface area contributed by atoms with E-state index in [1.807, 2.05) is 13.8 Å². The molecule has 122 valence electrons. The van der Waals surface area contributed by atoms with E-state index < -0.39 is 0 Å². The predicted octanol–water partition coefficient (Wildman–Crippen LogP) is 1.90. The number of amides is 2. The van der Waals surface area contributed by atoms with E-state index in [2.05, 4.69) is 10.6 Å². The number of carbonyl (C=O) groups is 2. The second-order valence-corrected chi connectivity index (χ2v) is 6.35. The Labute approximate surface area is 134 Å². The number of hydrogen-bond acceptors (Lipinski definition) is 5. The van der Waals surface area contributed by atoms with Crippen LogP contribution in [0, 0.1) is 0 Å². The van der Waals surface area contributed by atoms with Gasteiger partial charge >= 0.3 is 0 Å². The van der Waals surface area contributed by atoms with E-state index in [1.54, 1.807) is 18.2 Å². The van der Waals surface area contributed by atoms with Crippen LogP contribution >= 0.6 is 11.8 Å². The van der Waals surface area contributed by atoms with Crippen molar-refractivity contribution in [1.82, 2.24) is 5.32 Å². The molecule has 6 nitrogen and oxygen atoms in total. The zero-order valence-corrected chi connectivity index (χ0v) is 14.1. The molecule has 1 aromatic rings. The molecule has 0 saturated carbocycles. The topological polar surface area (TPSA) is 76.7 Å². The fraction of sp³-hybridized carbons (Fsp3) is 0.467. The Morgan fingerprint density at radius 3 is 2.18 bits per heavy atom. The van der Waals surface area contributed by atoms with Crippen LogP contribution in [0.5, 0.6) is 11.5 Å². The molecule has 0 saturated heterocycles. The summed E-state index contributed by atoms with van der Waals surface area (Å²) in [5, 5.41) is 5.65. The molecule has 0 aliphatic heterocycles. The smallest absolute Gasteiger partial charge is 0.243 e. The summed E-state index contributed by atoms with van der Waals surface area (Å²) in [6.45, 7) is 3.96. The summed E-state index contributed by atoms with van der Waals surface area (Å²) in [6.07, 6.45) is 0. The second-order valence-electron chi connectivity index (χ2n) is 4.79. The average molecular weight is 326 g/mol. The molecule has 0 atom stereocenters. The van der Waals surface area contributed by atoms with Gasteiger partial charge in [0.2, 0.25) is 11.8 Å². The Hall–Kier alpha value is -1.89. The van der Waals surface area contributed by atoms with Crippen molar-refractivity contribution in [2.45, 2.75) is 19.1 Å². The molecular weight excluding hydrogens is 304 g/mol. The highest BCUT2D eigenvalue weighted by atomic mass is 32.2. The Morgan fingerprint density at radius 1 is 1.09 bits per heavy atom. The number of nitrogens with one attached hydrogen (secondary N) is 2. The lowest BCUT2D eigenvalue weighted by Crippen LogP contribution is -2.34. The van der Waals surface area contributed by atoms with E-state index in [0.717, 1.165) is 0 Å². The third-order valence-electron chi connectivity index (χ3n) is 2.63. The Morgan fingerprint density at radius 2 is 1.68 bits per heavy atom. The number of rotatable bonds is 8. The summed E-state index contributed by atoms with van der Waals surface area (Å²) in [6, 6.07) is 5.06. The van der Waals surface area contributed by atoms with Crippen LogP contribution < -0.4 is 20.1 Å². The van der Waals surface area contributed by atoms with Gasteiger partial charge < -0.3 is 20.1 Å². The number of benzene rings is 1. The summed E-state index contributed by atoms with van der Waals surface area (Å²) >= 11 is 1.53. The molecule has 7 heteroatoms. The van der Waals surface area contributed by atoms with Crippen LogP contribution in [0.25, 0.3) is 0 Å². The molecular formula is C15H22N2O4S. The fourth-order valence-electron chi connectivity index (χ4n) is 1.56. The Kier molecular flexibility index (Phi) is 7.59. The monoisotopic (exact) mass is 326 g/mol. The summed E-state index contributed by atoms with van der Waals surface area (Å²) in [5.41, 5.74) is 0.548. The molecule has 0 heterocycles. The minimum absolute atomic E-state index is 0.0724. The number of anilines is 1. The first kappa shape index (κ1) is 18.2. The van der Waals surface area contributed by atoms with E-state index in [1.165, 1.54) is 26.0 Å². The number of hydrogen-bond donors (Lipinski definition) is 2. The number of ether oxygens (including phenoxy) is 2. The summed E-state index contributed by atoms with van der Waals surface area (Å²) in [7, 11) is 3.07. The van der Waals surface area contributed by atoms with Crippen LogP contribution in [0.2, 0.25) is 0 Å². The first-order valence-corrected chi connectivity index (χ1v) is 7.90. The van der Waals surface area contributed by atoms with Gasteiger partial charge in [0.15, 0.2) is 0 Å². The molecule has 0 aliphatic rings. The number of methoxy groups -OCH3 is 2. The summed E-state index contributed by atoms with van der Waals surface area (Å²) < 4.78 is 10.3. The Balaban J connectivity index is 2.49. The molecule has 0 radical (unpaired) electrons. The van der Waals surface area contributed by atoms with Gasteiger partial charge in [-0.05, 0) is 5.25 Å². The van der Waals surface area contributed by atoms with Crippen molar-refractivity contribution in [3.05, 3.63) is 18.2 Å². The Bertz CT molecular complexity index is 498. The number of carbonyl (C=O) groups excluding carboxylic acids is 2. The van der Waals surface area contributed by atoms with Crippen molar-refractivity contribution in [2.75, 3.05) is 31.8 Å². The second kappa shape index (κ2) is 9.19. The molecule has 0 aliphatic carbocycles. The maximum atomic E-state index is 11.8. The highest BCUT2D eigenvalue weighted by molar-refractivity contribution is 8.00. The zero-order valence-electron chi connectivity index (χ0n) is 13.3. The van der Waals surface area contributed by atoms with Crippen LogP contribution in [0.15, 0.2) is 18.2 Å². The minimum Gasteiger partial charge on any atom is -0.497 e. The molecule has 0 fully saturated rings. The van der Waals surface area contributed by atoms with E-state index in [-0.39, 0.29) is 18.4 Å². The van der Waals surface area contributed by atoms with E-state index >= 15 is 0 Å². The van der Waals surface area contributed by atoms with Crippen LogP contribution in [-0.2, 0) is 9.59 Å². The normalized spacial score (nSPS) is 10.2. The van der Waals surface area contributed by atoms with Crippen molar-refractivity contribution in [2.24, 2.45) is 0 Å². The van der Waals surface area contributed by atoms with Crippen LogP contribution in [0.3, 0.4) is 0 Å². The largest absolute Gasteiger partial charge is 0.497 e. The lowest BCUT2D eigenvalue weighted by atomic mass is 10.2. The van der Waals surface area contributed by atoms with Crippen molar-refractivity contribution in [3.63, 3.8) is 0 Å². The lowest BCUT2D eigenvalue weighted by molar-refractivity contribution is -0.122. The molecule has 1 rings (SSSR count). The van der Waals surface area contributed by atoms with Gasteiger partial charge in [0.05, 0.1) is 26.5 Å². The third-order valence-corrected chi connectivity index (χ3v) is 3.72. The highest BCUT2D eigenvalue weighted by Crippen LogP contribution is 2.25. The fourth-order valence-corrected chi connectivity index (χ4v) is 2.14. The maximum absolute atomic E-state index is 11.8. The van der Waals surface area contributed by atoms with Gasteiger partial charge in [0, 0.05) is 23.9 Å². The van der Waals surface area contributed by atoms with Gasteiger partial charge in [-0.1, -0.05) is 13.8 Å². The van der Waals surface area contributed by atoms with Gasteiger partial charge in [-0.2, -0.15) is 0 Å². The minimum atomic E-state index is -0.307. The van der Waals surface area contributed by atoms with Crippen molar-refractivity contribution in [3.8, 4) is 11.5 Å². The van der Waals surface area contributed by atoms with Crippen LogP contribution in [0.4, 0.5) is 5.69 Å². The maximum Gasteiger partial charge on any atom is 0.243 e.